The van der Waals surface area contributed by atoms with Crippen molar-refractivity contribution in [2.24, 2.45) is 0 Å². The first-order valence-electron chi connectivity index (χ1n) is 5.86. The summed E-state index contributed by atoms with van der Waals surface area (Å²) in [5.74, 6) is -0.157. The van der Waals surface area contributed by atoms with Gasteiger partial charge >= 0.3 is 0 Å². The molecule has 1 heterocycles. The summed E-state index contributed by atoms with van der Waals surface area (Å²) in [4.78, 5) is 14.5. The van der Waals surface area contributed by atoms with Crippen molar-refractivity contribution in [1.82, 2.24) is 4.98 Å². The second-order valence-electron chi connectivity index (χ2n) is 4.40. The Balaban J connectivity index is 2.20. The first-order chi connectivity index (χ1) is 9.54. The van der Waals surface area contributed by atoms with Crippen LogP contribution in [-0.2, 0) is 0 Å². The fraction of sp³-hybridized carbons (Fsp3) is 0.0714. The number of nitro benzene ring substituents is 1. The lowest BCUT2D eigenvalue weighted by Crippen LogP contribution is -1.88. The summed E-state index contributed by atoms with van der Waals surface area (Å²) >= 11 is 0. The van der Waals surface area contributed by atoms with E-state index in [1.54, 1.807) is 19.1 Å². The van der Waals surface area contributed by atoms with Gasteiger partial charge in [0.1, 0.15) is 11.3 Å². The van der Waals surface area contributed by atoms with E-state index in [-0.39, 0.29) is 11.6 Å². The number of halogens is 1. The van der Waals surface area contributed by atoms with Gasteiger partial charge in [0.05, 0.1) is 4.92 Å². The molecule has 0 atom stereocenters. The number of benzene rings is 2. The lowest BCUT2D eigenvalue weighted by Gasteiger charge is -1.95. The molecule has 0 bridgehead atoms. The number of hydrogen-bond acceptors (Lipinski definition) is 4. The van der Waals surface area contributed by atoms with Crippen molar-refractivity contribution >= 4 is 16.8 Å². The molecule has 1 aromatic heterocycles. The van der Waals surface area contributed by atoms with Crippen LogP contribution in [0, 0.1) is 22.9 Å². The third-order valence-electron chi connectivity index (χ3n) is 2.94. The molecule has 0 saturated carbocycles. The number of hydrogen-bond donors (Lipinski definition) is 0. The first-order valence-corrected chi connectivity index (χ1v) is 5.86. The van der Waals surface area contributed by atoms with Gasteiger partial charge in [-0.05, 0) is 25.1 Å². The van der Waals surface area contributed by atoms with Gasteiger partial charge in [-0.15, -0.1) is 0 Å². The maximum atomic E-state index is 13.2. The highest BCUT2D eigenvalue weighted by Crippen LogP contribution is 2.29. The van der Waals surface area contributed by atoms with Crippen LogP contribution in [0.3, 0.4) is 0 Å². The van der Waals surface area contributed by atoms with Crippen LogP contribution in [0.1, 0.15) is 5.56 Å². The van der Waals surface area contributed by atoms with Crippen molar-refractivity contribution in [2.75, 3.05) is 0 Å². The molecule has 6 heteroatoms. The largest absolute Gasteiger partial charge is 0.436 e. The van der Waals surface area contributed by atoms with E-state index in [9.17, 15) is 14.5 Å². The lowest BCUT2D eigenvalue weighted by atomic mass is 10.2. The van der Waals surface area contributed by atoms with Gasteiger partial charge in [-0.1, -0.05) is 6.07 Å². The summed E-state index contributed by atoms with van der Waals surface area (Å²) < 4.78 is 18.8. The average Bonchev–Trinajstić information content (AvgIpc) is 2.83. The van der Waals surface area contributed by atoms with Crippen molar-refractivity contribution in [2.45, 2.75) is 6.92 Å². The third kappa shape index (κ3) is 2.01. The molecule has 0 aliphatic rings. The van der Waals surface area contributed by atoms with E-state index in [0.29, 0.717) is 22.2 Å². The summed E-state index contributed by atoms with van der Waals surface area (Å²) in [5, 5.41) is 10.8. The van der Waals surface area contributed by atoms with Crippen LogP contribution in [0.2, 0.25) is 0 Å². The van der Waals surface area contributed by atoms with Gasteiger partial charge in [0.15, 0.2) is 5.58 Å². The zero-order valence-corrected chi connectivity index (χ0v) is 10.5. The van der Waals surface area contributed by atoms with Crippen LogP contribution in [0.4, 0.5) is 10.1 Å². The van der Waals surface area contributed by atoms with Crippen molar-refractivity contribution in [3.05, 3.63) is 57.9 Å². The number of nitro groups is 1. The van der Waals surface area contributed by atoms with Gasteiger partial charge in [-0.25, -0.2) is 9.37 Å². The number of non-ortho nitro benzene ring substituents is 1. The molecule has 0 radical (unpaired) electrons. The molecule has 3 rings (SSSR count). The van der Waals surface area contributed by atoms with E-state index in [2.05, 4.69) is 4.98 Å². The molecule has 0 unspecified atom stereocenters. The monoisotopic (exact) mass is 272 g/mol. The van der Waals surface area contributed by atoms with Crippen LogP contribution >= 0.6 is 0 Å². The Hall–Kier alpha value is -2.76. The summed E-state index contributed by atoms with van der Waals surface area (Å²) in [6.45, 7) is 1.70. The van der Waals surface area contributed by atoms with Crippen LogP contribution in [0.15, 0.2) is 40.8 Å². The third-order valence-corrected chi connectivity index (χ3v) is 2.94. The topological polar surface area (TPSA) is 69.2 Å². The van der Waals surface area contributed by atoms with Crippen molar-refractivity contribution in [3.8, 4) is 11.5 Å². The van der Waals surface area contributed by atoms with E-state index in [1.807, 2.05) is 0 Å². The molecule has 0 spiro atoms. The fourth-order valence-electron chi connectivity index (χ4n) is 2.03. The molecule has 100 valence electrons. The second-order valence-corrected chi connectivity index (χ2v) is 4.40. The molecule has 0 amide bonds. The fourth-order valence-corrected chi connectivity index (χ4v) is 2.03. The standard InChI is InChI=1S/C14H9FN2O3/c1-8-5-11(17(18)19)7-12-13(8)20-14(16-12)9-3-2-4-10(15)6-9/h2-7H,1H3. The van der Waals surface area contributed by atoms with E-state index in [1.165, 1.54) is 24.3 Å². The Morgan fingerprint density at radius 2 is 2.10 bits per heavy atom. The van der Waals surface area contributed by atoms with E-state index >= 15 is 0 Å². The molecule has 0 aliphatic heterocycles. The highest BCUT2D eigenvalue weighted by Gasteiger charge is 2.15. The molecule has 2 aromatic carbocycles. The van der Waals surface area contributed by atoms with Crippen LogP contribution in [0.25, 0.3) is 22.6 Å². The highest BCUT2D eigenvalue weighted by atomic mass is 19.1. The SMILES string of the molecule is Cc1cc([N+](=O)[O-])cc2nc(-c3cccc(F)c3)oc12. The molecule has 5 nitrogen and oxygen atoms in total. The van der Waals surface area contributed by atoms with Gasteiger partial charge in [0.2, 0.25) is 5.89 Å². The van der Waals surface area contributed by atoms with E-state index in [4.69, 9.17) is 4.42 Å². The molecule has 0 aliphatic carbocycles. The first kappa shape index (κ1) is 12.3. The molecule has 20 heavy (non-hydrogen) atoms. The minimum Gasteiger partial charge on any atom is -0.436 e. The zero-order chi connectivity index (χ0) is 14.3. The predicted octanol–water partition coefficient (Wildman–Crippen LogP) is 3.85. The molecule has 0 N–H and O–H groups in total. The smallest absolute Gasteiger partial charge is 0.272 e. The number of oxazole rings is 1. The Morgan fingerprint density at radius 1 is 1.30 bits per heavy atom. The van der Waals surface area contributed by atoms with Gasteiger partial charge in [0.25, 0.3) is 5.69 Å². The normalized spacial score (nSPS) is 10.9. The highest BCUT2D eigenvalue weighted by molar-refractivity contribution is 5.81. The summed E-state index contributed by atoms with van der Waals surface area (Å²) in [6.07, 6.45) is 0. The van der Waals surface area contributed by atoms with Gasteiger partial charge < -0.3 is 4.42 Å². The maximum absolute atomic E-state index is 13.2. The second kappa shape index (κ2) is 4.41. The Morgan fingerprint density at radius 3 is 2.80 bits per heavy atom. The maximum Gasteiger partial charge on any atom is 0.272 e. The van der Waals surface area contributed by atoms with Gasteiger partial charge in [-0.2, -0.15) is 0 Å². The Kier molecular flexibility index (Phi) is 2.71. The molecular weight excluding hydrogens is 263 g/mol. The summed E-state index contributed by atoms with van der Waals surface area (Å²) in [7, 11) is 0. The van der Waals surface area contributed by atoms with Crippen molar-refractivity contribution in [1.29, 1.82) is 0 Å². The number of fused-ring (bicyclic) bond motifs is 1. The quantitative estimate of drug-likeness (QED) is 0.524. The van der Waals surface area contributed by atoms with Gasteiger partial charge in [-0.3, -0.25) is 10.1 Å². The number of aryl methyl sites for hydroxylation is 1. The van der Waals surface area contributed by atoms with Crippen molar-refractivity contribution in [3.63, 3.8) is 0 Å². The molecule has 3 aromatic rings. The molecular formula is C14H9FN2O3. The Labute approximate surface area is 112 Å². The molecule has 0 saturated heterocycles. The number of rotatable bonds is 2. The van der Waals surface area contributed by atoms with Crippen LogP contribution in [0.5, 0.6) is 0 Å². The Bertz CT molecular complexity index is 826. The minimum absolute atomic E-state index is 0.0471. The van der Waals surface area contributed by atoms with Crippen molar-refractivity contribution < 1.29 is 13.7 Å². The number of aromatic nitrogens is 1. The van der Waals surface area contributed by atoms with E-state index in [0.717, 1.165) is 0 Å². The molecule has 0 fully saturated rings. The predicted molar refractivity (Wildman–Crippen MR) is 70.8 cm³/mol. The zero-order valence-electron chi connectivity index (χ0n) is 10.5. The van der Waals surface area contributed by atoms with Crippen LogP contribution < -0.4 is 0 Å². The lowest BCUT2D eigenvalue weighted by molar-refractivity contribution is -0.384. The average molecular weight is 272 g/mol. The summed E-state index contributed by atoms with van der Waals surface area (Å²) in [5.41, 5.74) is 1.91. The number of nitrogens with zero attached hydrogens (tertiary/aromatic N) is 2. The van der Waals surface area contributed by atoms with Crippen LogP contribution in [-0.4, -0.2) is 9.91 Å². The minimum atomic E-state index is -0.483. The summed E-state index contributed by atoms with van der Waals surface area (Å²) in [6, 6.07) is 8.60. The van der Waals surface area contributed by atoms with E-state index < -0.39 is 10.7 Å². The van der Waals surface area contributed by atoms with Gasteiger partial charge in [0, 0.05) is 23.3 Å².